The van der Waals surface area contributed by atoms with E-state index in [0.717, 1.165) is 27.9 Å². The normalized spacial score (nSPS) is 12.0. The number of nitrogens with one attached hydrogen (secondary N) is 1. The zero-order chi connectivity index (χ0) is 19.7. The Kier molecular flexibility index (Phi) is 4.62. The summed E-state index contributed by atoms with van der Waals surface area (Å²) < 4.78 is 1.95. The van der Waals surface area contributed by atoms with E-state index in [4.69, 9.17) is 4.98 Å². The first-order valence-corrected chi connectivity index (χ1v) is 9.42. The molecule has 4 aromatic rings. The monoisotopic (exact) mass is 392 g/mol. The molecule has 1 atom stereocenters. The van der Waals surface area contributed by atoms with Gasteiger partial charge in [-0.3, -0.25) is 14.9 Å². The van der Waals surface area contributed by atoms with E-state index >= 15 is 0 Å². The van der Waals surface area contributed by atoms with Crippen molar-refractivity contribution in [2.75, 3.05) is 0 Å². The number of amides is 1. The number of aromatic nitrogens is 2. The molecule has 1 amide bonds. The molecule has 8 heteroatoms. The van der Waals surface area contributed by atoms with Crippen LogP contribution in [0.25, 0.3) is 11.0 Å². The Labute approximate surface area is 164 Å². The second-order valence-electron chi connectivity index (χ2n) is 6.27. The average molecular weight is 392 g/mol. The number of fused-ring (bicyclic) bond motifs is 1. The van der Waals surface area contributed by atoms with Crippen molar-refractivity contribution >= 4 is 33.3 Å². The summed E-state index contributed by atoms with van der Waals surface area (Å²) in [5, 5.41) is 15.3. The predicted octanol–water partition coefficient (Wildman–Crippen LogP) is 4.06. The van der Waals surface area contributed by atoms with E-state index in [1.54, 1.807) is 0 Å². The van der Waals surface area contributed by atoms with Gasteiger partial charge in [-0.2, -0.15) is 0 Å². The molecule has 140 valence electrons. The number of imidazole rings is 1. The minimum atomic E-state index is -0.498. The van der Waals surface area contributed by atoms with Crippen molar-refractivity contribution in [3.63, 3.8) is 0 Å². The molecular formula is C20H16N4O3S. The second kappa shape index (κ2) is 7.24. The van der Waals surface area contributed by atoms with E-state index in [-0.39, 0.29) is 16.5 Å². The number of hydrogen-bond donors (Lipinski definition) is 1. The molecule has 0 radical (unpaired) electrons. The Morgan fingerprint density at radius 1 is 1.18 bits per heavy atom. The van der Waals surface area contributed by atoms with Crippen LogP contribution in [0.15, 0.2) is 66.0 Å². The molecule has 0 aliphatic rings. The molecule has 28 heavy (non-hydrogen) atoms. The zero-order valence-electron chi connectivity index (χ0n) is 14.9. The fraction of sp³-hybridized carbons (Fsp3) is 0.100. The smallest absolute Gasteiger partial charge is 0.324 e. The molecule has 0 spiro atoms. The lowest BCUT2D eigenvalue weighted by Crippen LogP contribution is -2.30. The highest BCUT2D eigenvalue weighted by atomic mass is 32.1. The summed E-state index contributed by atoms with van der Waals surface area (Å²) >= 11 is 0.931. The number of thiophene rings is 1. The fourth-order valence-corrected chi connectivity index (χ4v) is 3.82. The lowest BCUT2D eigenvalue weighted by atomic mass is 10.1. The number of benzene rings is 2. The maximum atomic E-state index is 12.8. The van der Waals surface area contributed by atoms with Crippen LogP contribution in [0.3, 0.4) is 0 Å². The standard InChI is InChI=1S/C20H16N4O3S/c1-23-16-10-6-5-9-15(16)21-19(23)18(13-7-3-2-4-8-13)22-20(25)14-11-17(24(26)27)28-12-14/h2-12,18H,1H3,(H,22,25)/t18-/m0/s1. The number of carbonyl (C=O) groups is 1. The van der Waals surface area contributed by atoms with Crippen LogP contribution in [0.5, 0.6) is 0 Å². The molecule has 0 unspecified atom stereocenters. The third kappa shape index (κ3) is 3.25. The Balaban J connectivity index is 1.74. The van der Waals surface area contributed by atoms with E-state index in [9.17, 15) is 14.9 Å². The molecule has 4 rings (SSSR count). The highest BCUT2D eigenvalue weighted by Crippen LogP contribution is 2.27. The topological polar surface area (TPSA) is 90.1 Å². The summed E-state index contributed by atoms with van der Waals surface area (Å²) in [5.41, 5.74) is 2.93. The van der Waals surface area contributed by atoms with Crippen LogP contribution in [-0.2, 0) is 7.05 Å². The number of aryl methyl sites for hydroxylation is 1. The second-order valence-corrected chi connectivity index (χ2v) is 7.16. The summed E-state index contributed by atoms with van der Waals surface area (Å²) in [5.74, 6) is 0.302. The lowest BCUT2D eigenvalue weighted by Gasteiger charge is -2.19. The van der Waals surface area contributed by atoms with Crippen LogP contribution in [0.1, 0.15) is 27.8 Å². The summed E-state index contributed by atoms with van der Waals surface area (Å²) in [6, 6.07) is 18.1. The number of carbonyl (C=O) groups excluding carboxylic acids is 1. The van der Waals surface area contributed by atoms with E-state index in [0.29, 0.717) is 5.82 Å². The van der Waals surface area contributed by atoms with Gasteiger partial charge in [0.1, 0.15) is 11.9 Å². The Morgan fingerprint density at radius 3 is 2.57 bits per heavy atom. The maximum absolute atomic E-state index is 12.8. The van der Waals surface area contributed by atoms with Gasteiger partial charge in [-0.05, 0) is 17.7 Å². The lowest BCUT2D eigenvalue weighted by molar-refractivity contribution is -0.380. The first-order chi connectivity index (χ1) is 13.5. The van der Waals surface area contributed by atoms with E-state index < -0.39 is 11.0 Å². The van der Waals surface area contributed by atoms with Crippen LogP contribution in [-0.4, -0.2) is 20.4 Å². The highest BCUT2D eigenvalue weighted by molar-refractivity contribution is 7.13. The minimum Gasteiger partial charge on any atom is -0.338 e. The zero-order valence-corrected chi connectivity index (χ0v) is 15.7. The number of nitro groups is 1. The van der Waals surface area contributed by atoms with Crippen molar-refractivity contribution in [3.8, 4) is 0 Å². The first-order valence-electron chi connectivity index (χ1n) is 8.54. The fourth-order valence-electron chi connectivity index (χ4n) is 3.12. The SMILES string of the molecule is Cn1c([C@@H](NC(=O)c2csc([N+](=O)[O-])c2)c2ccccc2)nc2ccccc21. The third-order valence-corrected chi connectivity index (χ3v) is 5.40. The molecular weight excluding hydrogens is 376 g/mol. The molecule has 2 aromatic carbocycles. The molecule has 7 nitrogen and oxygen atoms in total. The minimum absolute atomic E-state index is 0.0656. The summed E-state index contributed by atoms with van der Waals surface area (Å²) in [4.78, 5) is 27.9. The number of nitrogens with zero attached hydrogens (tertiary/aromatic N) is 3. The number of rotatable bonds is 5. The Morgan fingerprint density at radius 2 is 1.89 bits per heavy atom. The molecule has 1 N–H and O–H groups in total. The van der Waals surface area contributed by atoms with Crippen molar-refractivity contribution in [3.05, 3.63) is 93.1 Å². The van der Waals surface area contributed by atoms with Crippen molar-refractivity contribution < 1.29 is 9.72 Å². The molecule has 0 fully saturated rings. The molecule has 0 saturated heterocycles. The van der Waals surface area contributed by atoms with Crippen molar-refractivity contribution in [1.82, 2.24) is 14.9 Å². The molecule has 0 aliphatic carbocycles. The summed E-state index contributed by atoms with van der Waals surface area (Å²) in [6.45, 7) is 0. The van der Waals surface area contributed by atoms with Crippen LogP contribution in [0.4, 0.5) is 5.00 Å². The average Bonchev–Trinajstić information content (AvgIpc) is 3.33. The van der Waals surface area contributed by atoms with Crippen molar-refractivity contribution in [2.45, 2.75) is 6.04 Å². The van der Waals surface area contributed by atoms with Crippen LogP contribution < -0.4 is 5.32 Å². The third-order valence-electron chi connectivity index (χ3n) is 4.52. The number of para-hydroxylation sites is 2. The van der Waals surface area contributed by atoms with Gasteiger partial charge in [-0.15, -0.1) is 0 Å². The van der Waals surface area contributed by atoms with Crippen LogP contribution >= 0.6 is 11.3 Å². The van der Waals surface area contributed by atoms with E-state index in [1.807, 2.05) is 66.2 Å². The maximum Gasteiger partial charge on any atom is 0.324 e. The molecule has 0 aliphatic heterocycles. The van der Waals surface area contributed by atoms with Crippen LogP contribution in [0.2, 0.25) is 0 Å². The molecule has 0 saturated carbocycles. The molecule has 2 heterocycles. The van der Waals surface area contributed by atoms with E-state index in [1.165, 1.54) is 11.4 Å². The van der Waals surface area contributed by atoms with Crippen molar-refractivity contribution in [1.29, 1.82) is 0 Å². The first kappa shape index (κ1) is 17.9. The molecule has 2 aromatic heterocycles. The molecule has 0 bridgehead atoms. The largest absolute Gasteiger partial charge is 0.338 e. The van der Waals surface area contributed by atoms with Gasteiger partial charge in [0.2, 0.25) is 0 Å². The van der Waals surface area contributed by atoms with Crippen molar-refractivity contribution in [2.24, 2.45) is 7.05 Å². The summed E-state index contributed by atoms with van der Waals surface area (Å²) in [7, 11) is 1.90. The van der Waals surface area contributed by atoms with Crippen LogP contribution in [0, 0.1) is 10.1 Å². The Bertz CT molecular complexity index is 1170. The van der Waals surface area contributed by atoms with Gasteiger partial charge in [0, 0.05) is 18.5 Å². The Hall–Kier alpha value is -3.52. The highest BCUT2D eigenvalue weighted by Gasteiger charge is 2.24. The van der Waals surface area contributed by atoms with Gasteiger partial charge in [-0.1, -0.05) is 53.8 Å². The van der Waals surface area contributed by atoms with E-state index in [2.05, 4.69) is 5.32 Å². The number of hydrogen-bond acceptors (Lipinski definition) is 5. The van der Waals surface area contributed by atoms with Gasteiger partial charge in [0.15, 0.2) is 0 Å². The van der Waals surface area contributed by atoms with Gasteiger partial charge < -0.3 is 9.88 Å². The van der Waals surface area contributed by atoms with Gasteiger partial charge in [0.05, 0.1) is 21.5 Å². The summed E-state index contributed by atoms with van der Waals surface area (Å²) in [6.07, 6.45) is 0. The predicted molar refractivity (Wildman–Crippen MR) is 107 cm³/mol. The van der Waals surface area contributed by atoms with Gasteiger partial charge in [-0.25, -0.2) is 4.98 Å². The quantitative estimate of drug-likeness (QED) is 0.410. The van der Waals surface area contributed by atoms with Gasteiger partial charge in [0.25, 0.3) is 5.91 Å². The van der Waals surface area contributed by atoms with Gasteiger partial charge >= 0.3 is 5.00 Å².